The number of methoxy groups -OCH3 is 1. The fourth-order valence-corrected chi connectivity index (χ4v) is 2.30. The monoisotopic (exact) mass is 263 g/mol. The lowest BCUT2D eigenvalue weighted by molar-refractivity contribution is -0.146. The number of carbonyl (C=O) groups excluding carboxylic acids is 1. The molecule has 0 saturated heterocycles. The van der Waals surface area contributed by atoms with Crippen molar-refractivity contribution in [2.45, 2.75) is 39.7 Å². The number of benzene rings is 1. The van der Waals surface area contributed by atoms with Crippen LogP contribution in [0.3, 0.4) is 0 Å². The smallest absolute Gasteiger partial charge is 0.310 e. The van der Waals surface area contributed by atoms with Gasteiger partial charge in [0.05, 0.1) is 13.0 Å². The van der Waals surface area contributed by atoms with Crippen molar-refractivity contribution in [2.24, 2.45) is 17.6 Å². The van der Waals surface area contributed by atoms with Crippen LogP contribution in [0.5, 0.6) is 0 Å². The first-order chi connectivity index (χ1) is 8.99. The number of hydrogen-bond acceptors (Lipinski definition) is 3. The summed E-state index contributed by atoms with van der Waals surface area (Å²) in [6, 6.07) is 7.94. The molecule has 0 bridgehead atoms. The average Bonchev–Trinajstić information content (AvgIpc) is 2.39. The predicted octanol–water partition coefficient (Wildman–Crippen LogP) is 3.08. The van der Waals surface area contributed by atoms with Crippen LogP contribution >= 0.6 is 0 Å². The van der Waals surface area contributed by atoms with Gasteiger partial charge in [0, 0.05) is 6.04 Å². The topological polar surface area (TPSA) is 52.3 Å². The molecule has 0 amide bonds. The molecular weight excluding hydrogens is 238 g/mol. The first-order valence-corrected chi connectivity index (χ1v) is 6.91. The quantitative estimate of drug-likeness (QED) is 0.802. The molecule has 0 aliphatic rings. The van der Waals surface area contributed by atoms with Crippen LogP contribution in [0.25, 0.3) is 0 Å². The van der Waals surface area contributed by atoms with Gasteiger partial charge in [-0.05, 0) is 29.9 Å². The average molecular weight is 263 g/mol. The molecule has 0 aliphatic heterocycles. The lowest BCUT2D eigenvalue weighted by Gasteiger charge is -2.21. The second kappa shape index (κ2) is 7.29. The molecule has 1 aromatic rings. The van der Waals surface area contributed by atoms with Gasteiger partial charge < -0.3 is 10.5 Å². The van der Waals surface area contributed by atoms with Crippen LogP contribution in [0.1, 0.15) is 44.4 Å². The number of carbonyl (C=O) groups is 1. The van der Waals surface area contributed by atoms with Crippen molar-refractivity contribution < 1.29 is 9.53 Å². The van der Waals surface area contributed by atoms with Gasteiger partial charge >= 0.3 is 5.97 Å². The van der Waals surface area contributed by atoms with E-state index in [0.717, 1.165) is 12.0 Å². The number of ether oxygens (including phenoxy) is 1. The minimum Gasteiger partial charge on any atom is -0.469 e. The Bertz CT molecular complexity index is 398. The van der Waals surface area contributed by atoms with Crippen molar-refractivity contribution in [2.75, 3.05) is 7.11 Å². The maximum atomic E-state index is 11.7. The van der Waals surface area contributed by atoms with Crippen LogP contribution in [0.15, 0.2) is 24.3 Å². The third kappa shape index (κ3) is 4.35. The molecule has 3 nitrogen and oxygen atoms in total. The predicted molar refractivity (Wildman–Crippen MR) is 77.7 cm³/mol. The van der Waals surface area contributed by atoms with Gasteiger partial charge in [-0.25, -0.2) is 0 Å². The summed E-state index contributed by atoms with van der Waals surface area (Å²) in [5.41, 5.74) is 8.47. The third-order valence-electron chi connectivity index (χ3n) is 3.39. The molecular formula is C16H25NO2. The lowest BCUT2D eigenvalue weighted by atomic mass is 9.90. The molecule has 2 unspecified atom stereocenters. The molecule has 0 spiro atoms. The van der Waals surface area contributed by atoms with Crippen LogP contribution in [-0.2, 0) is 16.0 Å². The maximum absolute atomic E-state index is 11.7. The molecule has 0 heterocycles. The van der Waals surface area contributed by atoms with Crippen molar-refractivity contribution in [1.82, 2.24) is 0 Å². The van der Waals surface area contributed by atoms with E-state index in [1.807, 2.05) is 19.1 Å². The minimum absolute atomic E-state index is 0.235. The highest BCUT2D eigenvalue weighted by Crippen LogP contribution is 2.24. The molecule has 0 fully saturated rings. The maximum Gasteiger partial charge on any atom is 0.310 e. The second-order valence-electron chi connectivity index (χ2n) is 5.40. The molecule has 2 atom stereocenters. The molecule has 3 heteroatoms. The normalized spacial score (nSPS) is 14.2. The van der Waals surface area contributed by atoms with Crippen molar-refractivity contribution in [3.05, 3.63) is 35.4 Å². The van der Waals surface area contributed by atoms with E-state index in [2.05, 4.69) is 26.0 Å². The highest BCUT2D eigenvalue weighted by molar-refractivity contribution is 5.73. The highest BCUT2D eigenvalue weighted by atomic mass is 16.5. The zero-order valence-corrected chi connectivity index (χ0v) is 12.3. The minimum atomic E-state index is -0.300. The van der Waals surface area contributed by atoms with Gasteiger partial charge in [-0.3, -0.25) is 4.79 Å². The molecule has 1 aromatic carbocycles. The fraction of sp³-hybridized carbons (Fsp3) is 0.562. The zero-order chi connectivity index (χ0) is 14.4. The van der Waals surface area contributed by atoms with E-state index in [-0.39, 0.29) is 17.9 Å². The van der Waals surface area contributed by atoms with Gasteiger partial charge in [-0.2, -0.15) is 0 Å². The highest BCUT2D eigenvalue weighted by Gasteiger charge is 2.25. The summed E-state index contributed by atoms with van der Waals surface area (Å²) in [4.78, 5) is 11.7. The summed E-state index contributed by atoms with van der Waals surface area (Å²) in [6.45, 7) is 6.35. The van der Waals surface area contributed by atoms with Crippen LogP contribution < -0.4 is 5.73 Å². The van der Waals surface area contributed by atoms with E-state index in [1.165, 1.54) is 12.7 Å². The molecule has 0 aromatic heterocycles. The van der Waals surface area contributed by atoms with Crippen LogP contribution in [-0.4, -0.2) is 13.1 Å². The van der Waals surface area contributed by atoms with Crippen molar-refractivity contribution in [3.8, 4) is 0 Å². The largest absolute Gasteiger partial charge is 0.469 e. The summed E-state index contributed by atoms with van der Waals surface area (Å²) in [5, 5.41) is 0. The Labute approximate surface area is 116 Å². The molecule has 0 saturated carbocycles. The Kier molecular flexibility index (Phi) is 6.03. The van der Waals surface area contributed by atoms with Gasteiger partial charge in [0.2, 0.25) is 0 Å². The molecule has 1 rings (SSSR count). The van der Waals surface area contributed by atoms with E-state index < -0.39 is 0 Å². The van der Waals surface area contributed by atoms with Gasteiger partial charge in [-0.15, -0.1) is 0 Å². The van der Waals surface area contributed by atoms with E-state index >= 15 is 0 Å². The van der Waals surface area contributed by atoms with Crippen molar-refractivity contribution in [3.63, 3.8) is 0 Å². The Morgan fingerprint density at radius 2 is 1.84 bits per heavy atom. The van der Waals surface area contributed by atoms with Crippen molar-refractivity contribution in [1.29, 1.82) is 0 Å². The van der Waals surface area contributed by atoms with Crippen LogP contribution in [0, 0.1) is 11.8 Å². The zero-order valence-electron chi connectivity index (χ0n) is 12.3. The molecule has 2 N–H and O–H groups in total. The number of esters is 1. The first-order valence-electron chi connectivity index (χ1n) is 6.91. The lowest BCUT2D eigenvalue weighted by Crippen LogP contribution is -2.28. The Morgan fingerprint density at radius 1 is 1.26 bits per heavy atom. The van der Waals surface area contributed by atoms with Gasteiger partial charge in [-0.1, -0.05) is 45.0 Å². The third-order valence-corrected chi connectivity index (χ3v) is 3.39. The SMILES string of the molecule is CCC(C(=O)OC)C(N)c1ccc(CC(C)C)cc1. The molecule has 19 heavy (non-hydrogen) atoms. The summed E-state index contributed by atoms with van der Waals surface area (Å²) in [5.74, 6) is 0.125. The Balaban J connectivity index is 2.81. The Hall–Kier alpha value is -1.35. The van der Waals surface area contributed by atoms with Crippen LogP contribution in [0.2, 0.25) is 0 Å². The van der Waals surface area contributed by atoms with Crippen LogP contribution in [0.4, 0.5) is 0 Å². The van der Waals surface area contributed by atoms with E-state index in [1.54, 1.807) is 0 Å². The van der Waals surface area contributed by atoms with Crippen molar-refractivity contribution >= 4 is 5.97 Å². The molecule has 106 valence electrons. The van der Waals surface area contributed by atoms with Gasteiger partial charge in [0.15, 0.2) is 0 Å². The first kappa shape index (κ1) is 15.7. The van der Waals surface area contributed by atoms with Gasteiger partial charge in [0.25, 0.3) is 0 Å². The molecule has 0 radical (unpaired) electrons. The number of rotatable bonds is 6. The molecule has 0 aliphatic carbocycles. The summed E-state index contributed by atoms with van der Waals surface area (Å²) in [6.07, 6.45) is 1.74. The number of hydrogen-bond donors (Lipinski definition) is 1. The van der Waals surface area contributed by atoms with E-state index in [4.69, 9.17) is 10.5 Å². The standard InChI is InChI=1S/C16H25NO2/c1-5-14(16(18)19-4)15(17)13-8-6-12(7-9-13)10-11(2)3/h6-9,11,14-15H,5,10,17H2,1-4H3. The summed E-state index contributed by atoms with van der Waals surface area (Å²) < 4.78 is 4.80. The van der Waals surface area contributed by atoms with Gasteiger partial charge in [0.1, 0.15) is 0 Å². The number of nitrogens with two attached hydrogens (primary N) is 1. The van der Waals surface area contributed by atoms with E-state index in [0.29, 0.717) is 12.3 Å². The second-order valence-corrected chi connectivity index (χ2v) is 5.40. The summed E-state index contributed by atoms with van der Waals surface area (Å²) in [7, 11) is 1.41. The fourth-order valence-electron chi connectivity index (χ4n) is 2.30. The van der Waals surface area contributed by atoms with E-state index in [9.17, 15) is 4.79 Å². The Morgan fingerprint density at radius 3 is 2.26 bits per heavy atom. The summed E-state index contributed by atoms with van der Waals surface area (Å²) >= 11 is 0.